The summed E-state index contributed by atoms with van der Waals surface area (Å²) in [7, 11) is 0. The van der Waals surface area contributed by atoms with Crippen molar-refractivity contribution in [3.8, 4) is 0 Å². The van der Waals surface area contributed by atoms with Crippen molar-refractivity contribution in [2.24, 2.45) is 56.5 Å². The van der Waals surface area contributed by atoms with Gasteiger partial charge in [-0.05, 0) is 139 Å². The van der Waals surface area contributed by atoms with Crippen LogP contribution in [0, 0.1) is 50.7 Å². The second-order valence-electron chi connectivity index (χ2n) is 17.9. The monoisotopic (exact) mass is 615 g/mol. The molecule has 0 bridgehead atoms. The van der Waals surface area contributed by atoms with Crippen LogP contribution in [-0.2, 0) is 16.1 Å². The first-order chi connectivity index (χ1) is 21.3. The van der Waals surface area contributed by atoms with Gasteiger partial charge in [0, 0.05) is 5.54 Å². The highest BCUT2D eigenvalue weighted by Crippen LogP contribution is 2.76. The van der Waals surface area contributed by atoms with Crippen molar-refractivity contribution in [2.75, 3.05) is 6.67 Å². The summed E-state index contributed by atoms with van der Waals surface area (Å²) in [6.07, 6.45) is 19.3. The molecule has 1 aromatic rings. The number of fused-ring (bicyclic) bond motifs is 7. The van der Waals surface area contributed by atoms with Crippen molar-refractivity contribution in [2.45, 2.75) is 130 Å². The number of halogens is 1. The largest absolute Gasteiger partial charge is 0.460 e. The van der Waals surface area contributed by atoms with Gasteiger partial charge in [-0.3, -0.25) is 4.79 Å². The number of ether oxygens (including phenoxy) is 1. The SMILES string of the molecule is CC1(C)C(C2=CC[C@](CF)(C(=O)OCc3ccccc3)CC2)=CC[C@@]2(C)C1CC[C@]1(C)C2CC[C@@H]2C3CCC[C@]3(N)CC[C@]21C. The topological polar surface area (TPSA) is 52.3 Å². The zero-order chi connectivity index (χ0) is 31.9. The molecule has 0 heterocycles. The van der Waals surface area contributed by atoms with E-state index in [4.69, 9.17) is 10.5 Å². The summed E-state index contributed by atoms with van der Waals surface area (Å²) in [5, 5.41) is 0. The third-order valence-corrected chi connectivity index (χ3v) is 15.9. The molecule has 6 aliphatic carbocycles. The number of carbonyl (C=O) groups excluding carboxylic acids is 1. The van der Waals surface area contributed by atoms with Crippen LogP contribution in [-0.4, -0.2) is 18.2 Å². The summed E-state index contributed by atoms with van der Waals surface area (Å²) >= 11 is 0. The number of hydrogen-bond donors (Lipinski definition) is 1. The Balaban J connectivity index is 1.11. The van der Waals surface area contributed by atoms with Gasteiger partial charge in [0.2, 0.25) is 0 Å². The third-order valence-electron chi connectivity index (χ3n) is 15.9. The van der Waals surface area contributed by atoms with Crippen molar-refractivity contribution in [1.29, 1.82) is 0 Å². The van der Waals surface area contributed by atoms with Gasteiger partial charge in [0.05, 0.1) is 5.41 Å². The van der Waals surface area contributed by atoms with Crippen molar-refractivity contribution < 1.29 is 13.9 Å². The molecule has 45 heavy (non-hydrogen) atoms. The first-order valence-electron chi connectivity index (χ1n) is 18.3. The smallest absolute Gasteiger partial charge is 0.315 e. The molecule has 4 heteroatoms. The van der Waals surface area contributed by atoms with E-state index < -0.39 is 18.1 Å². The van der Waals surface area contributed by atoms with Crippen LogP contribution in [0.5, 0.6) is 0 Å². The van der Waals surface area contributed by atoms with Crippen molar-refractivity contribution in [3.05, 3.63) is 59.2 Å². The van der Waals surface area contributed by atoms with Gasteiger partial charge in [0.25, 0.3) is 0 Å². The van der Waals surface area contributed by atoms with E-state index in [1.165, 1.54) is 68.9 Å². The van der Waals surface area contributed by atoms with Crippen LogP contribution < -0.4 is 5.73 Å². The predicted molar refractivity (Wildman–Crippen MR) is 180 cm³/mol. The Labute approximate surface area is 272 Å². The van der Waals surface area contributed by atoms with Crippen LogP contribution in [0.3, 0.4) is 0 Å². The fourth-order valence-electron chi connectivity index (χ4n) is 13.1. The van der Waals surface area contributed by atoms with Gasteiger partial charge in [0.1, 0.15) is 13.3 Å². The number of allylic oxidation sites excluding steroid dienone is 4. The lowest BCUT2D eigenvalue weighted by atomic mass is 9.33. The highest BCUT2D eigenvalue weighted by molar-refractivity contribution is 5.78. The van der Waals surface area contributed by atoms with E-state index in [2.05, 4.69) is 46.8 Å². The van der Waals surface area contributed by atoms with E-state index >= 15 is 0 Å². The molecule has 7 rings (SSSR count). The molecule has 4 saturated carbocycles. The number of benzene rings is 1. The van der Waals surface area contributed by atoms with Crippen LogP contribution in [0.15, 0.2) is 53.6 Å². The molecule has 6 aliphatic rings. The molecule has 0 radical (unpaired) electrons. The maximum atomic E-state index is 14.6. The lowest BCUT2D eigenvalue weighted by Gasteiger charge is -2.72. The Morgan fingerprint density at radius 1 is 0.844 bits per heavy atom. The van der Waals surface area contributed by atoms with E-state index in [1.807, 2.05) is 30.3 Å². The molecule has 3 unspecified atom stereocenters. The van der Waals surface area contributed by atoms with Gasteiger partial charge in [-0.25, -0.2) is 4.39 Å². The van der Waals surface area contributed by atoms with Crippen LogP contribution in [0.25, 0.3) is 0 Å². The molecule has 0 saturated heterocycles. The highest BCUT2D eigenvalue weighted by atomic mass is 19.1. The van der Waals surface area contributed by atoms with Crippen LogP contribution >= 0.6 is 0 Å². The molecule has 3 nitrogen and oxygen atoms in total. The van der Waals surface area contributed by atoms with E-state index in [0.29, 0.717) is 29.6 Å². The summed E-state index contributed by atoms with van der Waals surface area (Å²) in [4.78, 5) is 13.2. The zero-order valence-electron chi connectivity index (χ0n) is 28.7. The van der Waals surface area contributed by atoms with E-state index in [-0.39, 0.29) is 23.0 Å². The average Bonchev–Trinajstić information content (AvgIpc) is 3.42. The summed E-state index contributed by atoms with van der Waals surface area (Å²) in [5.74, 6) is 2.46. The number of nitrogens with two attached hydrogens (primary N) is 1. The Kier molecular flexibility index (Phi) is 7.59. The Bertz CT molecular complexity index is 1380. The minimum absolute atomic E-state index is 0.0475. The summed E-state index contributed by atoms with van der Waals surface area (Å²) in [6.45, 7) is 12.6. The number of carbonyl (C=O) groups is 1. The van der Waals surface area contributed by atoms with Crippen molar-refractivity contribution in [3.63, 3.8) is 0 Å². The summed E-state index contributed by atoms with van der Waals surface area (Å²) < 4.78 is 20.3. The third kappa shape index (κ3) is 4.53. The molecule has 4 fully saturated rings. The molecule has 0 aromatic heterocycles. The van der Waals surface area contributed by atoms with Gasteiger partial charge < -0.3 is 10.5 Å². The fraction of sp³-hybridized carbons (Fsp3) is 0.732. The van der Waals surface area contributed by atoms with Gasteiger partial charge in [0.15, 0.2) is 0 Å². The van der Waals surface area contributed by atoms with Crippen LogP contribution in [0.1, 0.15) is 124 Å². The van der Waals surface area contributed by atoms with Crippen LogP contribution in [0.2, 0.25) is 0 Å². The fourth-order valence-corrected chi connectivity index (χ4v) is 13.1. The maximum Gasteiger partial charge on any atom is 0.315 e. The second kappa shape index (κ2) is 10.8. The maximum absolute atomic E-state index is 14.6. The van der Waals surface area contributed by atoms with E-state index in [0.717, 1.165) is 36.2 Å². The zero-order valence-corrected chi connectivity index (χ0v) is 28.7. The first-order valence-corrected chi connectivity index (χ1v) is 18.3. The summed E-state index contributed by atoms with van der Waals surface area (Å²) in [6, 6.07) is 9.69. The molecule has 1 aromatic carbocycles. The lowest BCUT2D eigenvalue weighted by Crippen LogP contribution is -2.66. The molecule has 0 spiro atoms. The predicted octanol–water partition coefficient (Wildman–Crippen LogP) is 9.90. The van der Waals surface area contributed by atoms with Gasteiger partial charge in [-0.2, -0.15) is 0 Å². The Morgan fingerprint density at radius 2 is 1.62 bits per heavy atom. The quantitative estimate of drug-likeness (QED) is 0.336. The molecule has 0 amide bonds. The molecule has 0 aliphatic heterocycles. The standard InChI is InChI=1S/C41H58FNO2/c1-36(2)30(29-15-22-40(27-42,23-16-29)35(44)45-26-28-10-7-6-8-11-28)17-20-37(3)33(36)18-21-39(5)34(37)14-13-31-32-12-9-19-41(32,43)25-24-38(31,39)4/h6-8,10-11,15,17,31-34H,9,12-14,16,18-27,43H2,1-5H3/t31-,32?,33?,34?,37+,38-,39-,40+,41+/m1/s1. The minimum Gasteiger partial charge on any atom is -0.460 e. The molecular formula is C41H58FNO2. The highest BCUT2D eigenvalue weighted by Gasteiger charge is 2.69. The van der Waals surface area contributed by atoms with Gasteiger partial charge in [-0.1, -0.05) is 83.5 Å². The number of alkyl halides is 1. The first kappa shape index (κ1) is 31.6. The molecule has 2 N–H and O–H groups in total. The Hall–Kier alpha value is -1.94. The van der Waals surface area contributed by atoms with Crippen molar-refractivity contribution >= 4 is 5.97 Å². The number of hydrogen-bond acceptors (Lipinski definition) is 3. The van der Waals surface area contributed by atoms with Gasteiger partial charge >= 0.3 is 5.97 Å². The molecule has 246 valence electrons. The average molecular weight is 616 g/mol. The molecular weight excluding hydrogens is 557 g/mol. The normalized spacial score (nSPS) is 45.2. The minimum atomic E-state index is -1.06. The number of esters is 1. The van der Waals surface area contributed by atoms with Crippen LogP contribution in [0.4, 0.5) is 4.39 Å². The van der Waals surface area contributed by atoms with Crippen molar-refractivity contribution in [1.82, 2.24) is 0 Å². The second-order valence-corrected chi connectivity index (χ2v) is 17.9. The molecule has 9 atom stereocenters. The van der Waals surface area contributed by atoms with E-state index in [1.54, 1.807) is 0 Å². The van der Waals surface area contributed by atoms with Gasteiger partial charge in [-0.15, -0.1) is 0 Å². The Morgan fingerprint density at radius 3 is 2.33 bits per heavy atom. The summed E-state index contributed by atoms with van der Waals surface area (Å²) in [5.41, 5.74) is 11.0. The van der Waals surface area contributed by atoms with E-state index in [9.17, 15) is 9.18 Å². The lowest BCUT2D eigenvalue weighted by molar-refractivity contribution is -0.216. The number of rotatable bonds is 5.